The maximum absolute atomic E-state index is 13.3. The van der Waals surface area contributed by atoms with Gasteiger partial charge in [0.05, 0.1) is 23.7 Å². The van der Waals surface area contributed by atoms with Gasteiger partial charge in [-0.3, -0.25) is 4.68 Å². The minimum Gasteiger partial charge on any atom is -0.478 e. The van der Waals surface area contributed by atoms with Gasteiger partial charge in [0.15, 0.2) is 0 Å². The fourth-order valence-electron chi connectivity index (χ4n) is 3.23. The molecule has 8 heteroatoms. The highest BCUT2D eigenvalue weighted by molar-refractivity contribution is 5.86. The van der Waals surface area contributed by atoms with Crippen LogP contribution in [0.5, 0.6) is 0 Å². The number of pyridine rings is 1. The number of aromatic carboxylic acids is 1. The molecule has 2 aromatic heterocycles. The van der Waals surface area contributed by atoms with Gasteiger partial charge < -0.3 is 10.0 Å². The van der Waals surface area contributed by atoms with Crippen molar-refractivity contribution >= 4 is 11.8 Å². The molecule has 4 rings (SSSR count). The number of carboxylic acid groups (broad SMARTS) is 1. The van der Waals surface area contributed by atoms with Crippen molar-refractivity contribution in [1.82, 2.24) is 14.8 Å². The summed E-state index contributed by atoms with van der Waals surface area (Å²) in [5.74, 6) is -2.83. The summed E-state index contributed by atoms with van der Waals surface area (Å²) in [4.78, 5) is 17.2. The summed E-state index contributed by atoms with van der Waals surface area (Å²) in [6.45, 7) is 2.97. The number of anilines is 1. The Balaban J connectivity index is 1.46. The van der Waals surface area contributed by atoms with E-state index in [4.69, 9.17) is 5.11 Å². The molecule has 1 aliphatic carbocycles. The van der Waals surface area contributed by atoms with E-state index in [1.54, 1.807) is 0 Å². The topological polar surface area (TPSA) is 71.2 Å². The Bertz CT molecular complexity index is 827. The highest BCUT2D eigenvalue weighted by Crippen LogP contribution is 2.65. The standard InChI is InChI=1S/C16H16F2N4O2/c1-10-11(5-22-6-12(4-19-22)14(23)24)2-3-13(20-10)21-8-15(9-21)7-16(15,17)18/h2-4,6H,5,7-9H2,1H3,(H,23,24). The molecule has 2 aromatic rings. The molecule has 0 aromatic carbocycles. The number of aromatic nitrogens is 3. The quantitative estimate of drug-likeness (QED) is 0.928. The van der Waals surface area contributed by atoms with E-state index in [1.165, 1.54) is 17.1 Å². The Morgan fingerprint density at radius 2 is 2.08 bits per heavy atom. The summed E-state index contributed by atoms with van der Waals surface area (Å²) in [6.07, 6.45) is 2.75. The van der Waals surface area contributed by atoms with Crippen molar-refractivity contribution in [3.8, 4) is 0 Å². The molecule has 24 heavy (non-hydrogen) atoms. The lowest BCUT2D eigenvalue weighted by atomic mass is 9.96. The van der Waals surface area contributed by atoms with Gasteiger partial charge in [-0.05, 0) is 18.6 Å². The second-order valence-corrected chi connectivity index (χ2v) is 6.66. The molecule has 0 unspecified atom stereocenters. The summed E-state index contributed by atoms with van der Waals surface area (Å²) >= 11 is 0. The first kappa shape index (κ1) is 15.0. The van der Waals surface area contributed by atoms with Crippen molar-refractivity contribution in [2.24, 2.45) is 5.41 Å². The van der Waals surface area contributed by atoms with Crippen LogP contribution in [0, 0.1) is 12.3 Å². The number of carboxylic acids is 1. The number of alkyl halides is 2. The fourth-order valence-corrected chi connectivity index (χ4v) is 3.23. The van der Waals surface area contributed by atoms with Crippen LogP contribution in [-0.4, -0.2) is 44.9 Å². The zero-order valence-corrected chi connectivity index (χ0v) is 13.0. The summed E-state index contributed by atoms with van der Waals surface area (Å²) < 4.78 is 28.1. The monoisotopic (exact) mass is 334 g/mol. The first-order valence-electron chi connectivity index (χ1n) is 7.65. The minimum atomic E-state index is -2.51. The molecule has 1 saturated carbocycles. The number of aryl methyl sites for hydroxylation is 1. The number of nitrogens with zero attached hydrogens (tertiary/aromatic N) is 4. The molecular formula is C16H16F2N4O2. The van der Waals surface area contributed by atoms with Crippen molar-refractivity contribution in [1.29, 1.82) is 0 Å². The average molecular weight is 334 g/mol. The SMILES string of the molecule is Cc1nc(N2CC3(C2)CC3(F)F)ccc1Cn1cc(C(=O)O)cn1. The van der Waals surface area contributed by atoms with E-state index >= 15 is 0 Å². The molecule has 2 fully saturated rings. The Kier molecular flexibility index (Phi) is 2.98. The molecule has 1 N–H and O–H groups in total. The van der Waals surface area contributed by atoms with E-state index in [1.807, 2.05) is 24.0 Å². The molecule has 6 nitrogen and oxygen atoms in total. The van der Waals surface area contributed by atoms with E-state index in [2.05, 4.69) is 10.1 Å². The maximum atomic E-state index is 13.3. The molecule has 1 saturated heterocycles. The average Bonchev–Trinajstić information content (AvgIpc) is 2.83. The summed E-state index contributed by atoms with van der Waals surface area (Å²) in [6, 6.07) is 3.70. The Labute approximate surface area is 136 Å². The van der Waals surface area contributed by atoms with Gasteiger partial charge in [0.25, 0.3) is 5.92 Å². The molecule has 0 radical (unpaired) electrons. The van der Waals surface area contributed by atoms with Crippen LogP contribution in [0.3, 0.4) is 0 Å². The second kappa shape index (κ2) is 4.75. The van der Waals surface area contributed by atoms with Crippen molar-refractivity contribution in [3.05, 3.63) is 41.3 Å². The molecule has 0 atom stereocenters. The lowest BCUT2D eigenvalue weighted by Gasteiger charge is -2.41. The smallest absolute Gasteiger partial charge is 0.338 e. The summed E-state index contributed by atoms with van der Waals surface area (Å²) in [5.41, 5.74) is 1.01. The van der Waals surface area contributed by atoms with Gasteiger partial charge in [-0.15, -0.1) is 0 Å². The fraction of sp³-hybridized carbons (Fsp3) is 0.438. The molecule has 0 amide bonds. The molecule has 0 bridgehead atoms. The van der Waals surface area contributed by atoms with Gasteiger partial charge in [-0.1, -0.05) is 6.07 Å². The Morgan fingerprint density at radius 3 is 2.62 bits per heavy atom. The van der Waals surface area contributed by atoms with Crippen molar-refractivity contribution in [2.75, 3.05) is 18.0 Å². The van der Waals surface area contributed by atoms with Crippen LogP contribution in [-0.2, 0) is 6.54 Å². The first-order chi connectivity index (χ1) is 11.3. The third-order valence-electron chi connectivity index (χ3n) is 4.92. The first-order valence-corrected chi connectivity index (χ1v) is 7.65. The highest BCUT2D eigenvalue weighted by Gasteiger charge is 2.76. The largest absolute Gasteiger partial charge is 0.478 e. The van der Waals surface area contributed by atoms with E-state index in [0.717, 1.165) is 11.3 Å². The van der Waals surface area contributed by atoms with Gasteiger partial charge in [-0.25, -0.2) is 18.6 Å². The third-order valence-corrected chi connectivity index (χ3v) is 4.92. The lowest BCUT2D eigenvalue weighted by Crippen LogP contribution is -2.51. The number of halogens is 2. The molecule has 2 aliphatic rings. The number of hydrogen-bond acceptors (Lipinski definition) is 4. The second-order valence-electron chi connectivity index (χ2n) is 6.66. The molecule has 1 aliphatic heterocycles. The molecule has 1 spiro atoms. The van der Waals surface area contributed by atoms with Gasteiger partial charge in [0.2, 0.25) is 0 Å². The van der Waals surface area contributed by atoms with Crippen LogP contribution >= 0.6 is 0 Å². The summed E-state index contributed by atoms with van der Waals surface area (Å²) in [5, 5.41) is 12.9. The zero-order valence-electron chi connectivity index (χ0n) is 13.0. The normalized spacial score (nSPS) is 20.0. The van der Waals surface area contributed by atoms with E-state index in [9.17, 15) is 13.6 Å². The molecule has 126 valence electrons. The van der Waals surface area contributed by atoms with Gasteiger partial charge in [0, 0.05) is 31.4 Å². The van der Waals surface area contributed by atoms with Crippen LogP contribution < -0.4 is 4.90 Å². The number of carbonyl (C=O) groups is 1. The van der Waals surface area contributed by atoms with E-state index < -0.39 is 17.3 Å². The van der Waals surface area contributed by atoms with Crippen molar-refractivity contribution < 1.29 is 18.7 Å². The van der Waals surface area contributed by atoms with E-state index in [-0.39, 0.29) is 12.0 Å². The predicted octanol–water partition coefficient (Wildman–Crippen LogP) is 2.18. The van der Waals surface area contributed by atoms with Crippen molar-refractivity contribution in [2.45, 2.75) is 25.8 Å². The van der Waals surface area contributed by atoms with Crippen molar-refractivity contribution in [3.63, 3.8) is 0 Å². The van der Waals surface area contributed by atoms with Gasteiger partial charge >= 0.3 is 5.97 Å². The number of hydrogen-bond donors (Lipinski definition) is 1. The van der Waals surface area contributed by atoms with Gasteiger partial charge in [-0.2, -0.15) is 5.10 Å². The summed E-state index contributed by atoms with van der Waals surface area (Å²) in [7, 11) is 0. The van der Waals surface area contributed by atoms with Crippen LogP contribution in [0.2, 0.25) is 0 Å². The van der Waals surface area contributed by atoms with Crippen LogP contribution in [0.15, 0.2) is 24.5 Å². The molecule has 3 heterocycles. The van der Waals surface area contributed by atoms with Gasteiger partial charge in [0.1, 0.15) is 5.82 Å². The maximum Gasteiger partial charge on any atom is 0.338 e. The highest BCUT2D eigenvalue weighted by atomic mass is 19.3. The molecular weight excluding hydrogens is 318 g/mol. The van der Waals surface area contributed by atoms with Crippen LogP contribution in [0.25, 0.3) is 0 Å². The number of rotatable bonds is 4. The predicted molar refractivity (Wildman–Crippen MR) is 81.5 cm³/mol. The van der Waals surface area contributed by atoms with Crippen LogP contribution in [0.4, 0.5) is 14.6 Å². The van der Waals surface area contributed by atoms with Crippen LogP contribution in [0.1, 0.15) is 28.0 Å². The Hall–Kier alpha value is -2.51. The zero-order chi connectivity index (χ0) is 17.1. The Morgan fingerprint density at radius 1 is 1.38 bits per heavy atom. The van der Waals surface area contributed by atoms with E-state index in [0.29, 0.717) is 25.5 Å². The minimum absolute atomic E-state index is 0.0151. The third kappa shape index (κ3) is 2.24. The lowest BCUT2D eigenvalue weighted by molar-refractivity contribution is 0.0518.